The molecule has 0 saturated carbocycles. The average Bonchev–Trinajstić information content (AvgIpc) is 2.86. The summed E-state index contributed by atoms with van der Waals surface area (Å²) >= 11 is 0. The lowest BCUT2D eigenvalue weighted by molar-refractivity contribution is -0.274. The molecule has 2 aliphatic rings. The van der Waals surface area contributed by atoms with Gasteiger partial charge in [0.15, 0.2) is 5.82 Å². The van der Waals surface area contributed by atoms with Gasteiger partial charge in [-0.15, -0.1) is 13.2 Å². The van der Waals surface area contributed by atoms with Gasteiger partial charge < -0.3 is 19.9 Å². The van der Waals surface area contributed by atoms with E-state index in [1.165, 1.54) is 13.0 Å². The molecule has 9 nitrogen and oxygen atoms in total. The number of carbonyl (C=O) groups excluding carboxylic acids is 1. The Kier molecular flexibility index (Phi) is 6.92. The van der Waals surface area contributed by atoms with E-state index in [-0.39, 0.29) is 34.3 Å². The van der Waals surface area contributed by atoms with Gasteiger partial charge in [0.25, 0.3) is 0 Å². The summed E-state index contributed by atoms with van der Waals surface area (Å²) in [5, 5.41) is 2.75. The molecule has 0 atom stereocenters. The zero-order valence-electron chi connectivity index (χ0n) is 21.1. The summed E-state index contributed by atoms with van der Waals surface area (Å²) in [6.45, 7) is 3.91. The number of hydrogen-bond acceptors (Lipinski definition) is 8. The molecule has 1 amide bonds. The first-order chi connectivity index (χ1) is 18.8. The van der Waals surface area contributed by atoms with Crippen molar-refractivity contribution in [2.24, 2.45) is 5.41 Å². The zero-order chi connectivity index (χ0) is 28.7. The maximum atomic E-state index is 13.8. The van der Waals surface area contributed by atoms with E-state index in [9.17, 15) is 31.1 Å². The highest BCUT2D eigenvalue weighted by Crippen LogP contribution is 2.43. The molecule has 0 aliphatic carbocycles. The number of anilines is 3. The fraction of sp³-hybridized carbons (Fsp3) is 0.400. The van der Waals surface area contributed by atoms with Gasteiger partial charge >= 0.3 is 12.5 Å². The second kappa shape index (κ2) is 10.1. The van der Waals surface area contributed by atoms with Gasteiger partial charge in [-0.2, -0.15) is 13.2 Å². The lowest BCUT2D eigenvalue weighted by atomic mass is 9.72. The first-order valence-corrected chi connectivity index (χ1v) is 12.2. The first-order valence-electron chi connectivity index (χ1n) is 12.2. The molecular formula is C25H23F6N7O2. The molecule has 0 aromatic carbocycles. The standard InChI is InChI=1S/C25H23F6N7O2/c1-15(39)37-8-4-23(5-9-37)13-38(14-23)21-11-20(34-19-10-16(2-7-33-19)40-25(29,30)31)35-22(36-21)17-12-32-6-3-18(17)24(26,27)28/h2-3,6-7,10-12H,4-5,8-9,13-14H2,1H3,(H,33,34,35,36). The molecule has 2 aliphatic heterocycles. The van der Waals surface area contributed by atoms with E-state index in [1.807, 2.05) is 4.90 Å². The largest absolute Gasteiger partial charge is 0.573 e. The predicted molar refractivity (Wildman–Crippen MR) is 131 cm³/mol. The van der Waals surface area contributed by atoms with E-state index in [2.05, 4.69) is 30.0 Å². The maximum Gasteiger partial charge on any atom is 0.573 e. The third-order valence-electron chi connectivity index (χ3n) is 6.95. The number of alkyl halides is 6. The van der Waals surface area contributed by atoms with Gasteiger partial charge in [-0.05, 0) is 25.0 Å². The second-order valence-corrected chi connectivity index (χ2v) is 9.77. The summed E-state index contributed by atoms with van der Waals surface area (Å²) in [5.41, 5.74) is -1.39. The summed E-state index contributed by atoms with van der Waals surface area (Å²) in [6, 6.07) is 4.31. The molecule has 40 heavy (non-hydrogen) atoms. The average molecular weight is 567 g/mol. The van der Waals surface area contributed by atoms with Gasteiger partial charge in [0, 0.05) is 74.8 Å². The number of likely N-dealkylation sites (tertiary alicyclic amines) is 1. The normalized spacial score (nSPS) is 17.0. The van der Waals surface area contributed by atoms with E-state index in [0.717, 1.165) is 49.6 Å². The van der Waals surface area contributed by atoms with Crippen molar-refractivity contribution in [3.63, 3.8) is 0 Å². The molecule has 0 bridgehead atoms. The molecular weight excluding hydrogens is 544 g/mol. The van der Waals surface area contributed by atoms with Gasteiger partial charge in [-0.25, -0.2) is 15.0 Å². The third-order valence-corrected chi connectivity index (χ3v) is 6.95. The number of halogens is 6. The van der Waals surface area contributed by atoms with Crippen molar-refractivity contribution in [3.05, 3.63) is 48.4 Å². The van der Waals surface area contributed by atoms with Crippen molar-refractivity contribution in [3.8, 4) is 17.1 Å². The molecule has 5 heterocycles. The molecule has 212 valence electrons. The molecule has 1 N–H and O–H groups in total. The molecule has 0 unspecified atom stereocenters. The number of nitrogens with zero attached hydrogens (tertiary/aromatic N) is 6. The number of amides is 1. The minimum Gasteiger partial charge on any atom is -0.406 e. The minimum absolute atomic E-state index is 0.0115. The fourth-order valence-corrected chi connectivity index (χ4v) is 4.95. The van der Waals surface area contributed by atoms with Crippen molar-refractivity contribution >= 4 is 23.4 Å². The Bertz CT molecular complexity index is 1400. The Morgan fingerprint density at radius 3 is 2.38 bits per heavy atom. The molecule has 15 heteroatoms. The Labute approximate surface area is 224 Å². The fourth-order valence-electron chi connectivity index (χ4n) is 4.95. The van der Waals surface area contributed by atoms with Crippen LogP contribution in [0.15, 0.2) is 42.9 Å². The highest BCUT2D eigenvalue weighted by Gasteiger charge is 2.46. The van der Waals surface area contributed by atoms with Crippen LogP contribution in [-0.4, -0.2) is 63.3 Å². The van der Waals surface area contributed by atoms with Crippen LogP contribution < -0.4 is 15.0 Å². The lowest BCUT2D eigenvalue weighted by Gasteiger charge is -2.54. The number of hydrogen-bond donors (Lipinski definition) is 1. The zero-order valence-corrected chi connectivity index (χ0v) is 21.1. The molecule has 0 radical (unpaired) electrons. The highest BCUT2D eigenvalue weighted by molar-refractivity contribution is 5.73. The number of pyridine rings is 2. The van der Waals surface area contributed by atoms with E-state index in [1.54, 1.807) is 4.90 Å². The topological polar surface area (TPSA) is 96.4 Å². The van der Waals surface area contributed by atoms with Crippen LogP contribution in [-0.2, 0) is 11.0 Å². The van der Waals surface area contributed by atoms with Crippen molar-refractivity contribution in [2.45, 2.75) is 32.3 Å². The summed E-state index contributed by atoms with van der Waals surface area (Å²) in [7, 11) is 0. The highest BCUT2D eigenvalue weighted by atomic mass is 19.4. The van der Waals surface area contributed by atoms with Gasteiger partial charge in [0.1, 0.15) is 23.2 Å². The molecule has 2 saturated heterocycles. The van der Waals surface area contributed by atoms with Crippen molar-refractivity contribution in [1.82, 2.24) is 24.8 Å². The van der Waals surface area contributed by atoms with Crippen molar-refractivity contribution < 1.29 is 35.9 Å². The Morgan fingerprint density at radius 1 is 1.00 bits per heavy atom. The monoisotopic (exact) mass is 567 g/mol. The minimum atomic E-state index is -4.92. The number of ether oxygens (including phenoxy) is 1. The van der Waals surface area contributed by atoms with Crippen LogP contribution in [0.4, 0.5) is 43.8 Å². The number of piperidine rings is 1. The number of carbonyl (C=O) groups is 1. The van der Waals surface area contributed by atoms with E-state index >= 15 is 0 Å². The molecule has 2 fully saturated rings. The Balaban J connectivity index is 1.46. The van der Waals surface area contributed by atoms with E-state index < -0.39 is 23.9 Å². The Morgan fingerprint density at radius 2 is 1.73 bits per heavy atom. The summed E-state index contributed by atoms with van der Waals surface area (Å²) in [4.78, 5) is 31.8. The van der Waals surface area contributed by atoms with Crippen LogP contribution in [0.1, 0.15) is 25.3 Å². The maximum absolute atomic E-state index is 13.8. The van der Waals surface area contributed by atoms with Gasteiger partial charge in [0.05, 0.1) is 5.56 Å². The quantitative estimate of drug-likeness (QED) is 0.429. The molecule has 3 aromatic rings. The van der Waals surface area contributed by atoms with Crippen molar-refractivity contribution in [1.29, 1.82) is 0 Å². The Hall–Kier alpha value is -4.17. The van der Waals surface area contributed by atoms with E-state index in [4.69, 9.17) is 0 Å². The molecule has 1 spiro atoms. The van der Waals surface area contributed by atoms with Crippen LogP contribution in [0, 0.1) is 5.41 Å². The number of rotatable bonds is 5. The molecule has 3 aromatic heterocycles. The third kappa shape index (κ3) is 6.02. The first kappa shape index (κ1) is 27.4. The van der Waals surface area contributed by atoms with Crippen molar-refractivity contribution in [2.75, 3.05) is 36.4 Å². The summed E-state index contributed by atoms with van der Waals surface area (Å²) in [6.07, 6.45) is -4.96. The van der Waals surface area contributed by atoms with Crippen LogP contribution in [0.2, 0.25) is 0 Å². The van der Waals surface area contributed by atoms with Crippen LogP contribution in [0.5, 0.6) is 5.75 Å². The summed E-state index contributed by atoms with van der Waals surface area (Å²) < 4.78 is 83.2. The van der Waals surface area contributed by atoms with Gasteiger partial charge in [-0.1, -0.05) is 0 Å². The van der Waals surface area contributed by atoms with Crippen LogP contribution in [0.3, 0.4) is 0 Å². The smallest absolute Gasteiger partial charge is 0.406 e. The SMILES string of the molecule is CC(=O)N1CCC2(CC1)CN(c1cc(Nc3cc(OC(F)(F)F)ccn3)nc(-c3cnccc3C(F)(F)F)n1)C2. The van der Waals surface area contributed by atoms with E-state index in [0.29, 0.717) is 32.0 Å². The van der Waals surface area contributed by atoms with Gasteiger partial charge in [-0.3, -0.25) is 9.78 Å². The molecule has 5 rings (SSSR count). The summed E-state index contributed by atoms with van der Waals surface area (Å²) in [5.74, 6) is -0.523. The van der Waals surface area contributed by atoms with Crippen LogP contribution >= 0.6 is 0 Å². The second-order valence-electron chi connectivity index (χ2n) is 9.77. The predicted octanol–water partition coefficient (Wildman–Crippen LogP) is 5.04. The van der Waals surface area contributed by atoms with Crippen LogP contribution in [0.25, 0.3) is 11.4 Å². The number of aromatic nitrogens is 4. The lowest BCUT2D eigenvalue weighted by Crippen LogP contribution is -2.61. The number of nitrogens with one attached hydrogen (secondary N) is 1. The van der Waals surface area contributed by atoms with Gasteiger partial charge in [0.2, 0.25) is 5.91 Å².